The number of hydrogen-bond donors (Lipinski definition) is 2. The summed E-state index contributed by atoms with van der Waals surface area (Å²) in [5.74, 6) is -0.889. The number of carbonyl (C=O) groups is 1. The topological polar surface area (TPSA) is 49.3 Å². The second kappa shape index (κ2) is 8.39. The molecule has 98 valence electrons. The molecule has 0 amide bonds. The molecule has 0 bridgehead atoms. The van der Waals surface area contributed by atoms with Crippen LogP contribution in [0.15, 0.2) is 42.5 Å². The monoisotopic (exact) mass is 334 g/mol. The van der Waals surface area contributed by atoms with Crippen molar-refractivity contribution in [3.05, 3.63) is 58.1 Å². The first-order valence-corrected chi connectivity index (χ1v) is 6.34. The van der Waals surface area contributed by atoms with Gasteiger partial charge in [-0.1, -0.05) is 47.5 Å². The number of hydrogen-bond acceptors (Lipinski definition) is 2. The van der Waals surface area contributed by atoms with Gasteiger partial charge in [-0.3, -0.25) is 4.79 Å². The number of rotatable bonds is 4. The van der Waals surface area contributed by atoms with Crippen molar-refractivity contribution in [3.8, 4) is 0 Å². The van der Waals surface area contributed by atoms with E-state index in [2.05, 4.69) is 5.32 Å². The van der Waals surface area contributed by atoms with Crippen molar-refractivity contribution in [2.75, 3.05) is 5.32 Å². The van der Waals surface area contributed by atoms with Gasteiger partial charge in [-0.15, -0.1) is 0 Å². The maximum atomic E-state index is 10.8. The average molecular weight is 335 g/mol. The van der Waals surface area contributed by atoms with Crippen molar-refractivity contribution >= 4 is 40.5 Å². The van der Waals surface area contributed by atoms with Crippen LogP contribution >= 0.6 is 23.2 Å². The first-order valence-electron chi connectivity index (χ1n) is 5.58. The summed E-state index contributed by atoms with van der Waals surface area (Å²) in [6.45, 7) is 0. The molecule has 0 atom stereocenters. The van der Waals surface area contributed by atoms with Crippen LogP contribution in [0.25, 0.3) is 0 Å². The zero-order chi connectivity index (χ0) is 13.8. The maximum Gasteiger partial charge on any atom is 1.00 e. The summed E-state index contributed by atoms with van der Waals surface area (Å²) in [7, 11) is 0. The minimum atomic E-state index is -0.889. The number of aliphatic carboxylic acids is 1. The van der Waals surface area contributed by atoms with Crippen molar-refractivity contribution < 1.29 is 61.3 Å². The molecule has 2 aromatic rings. The van der Waals surface area contributed by atoms with Gasteiger partial charge in [0.15, 0.2) is 0 Å². The Hall–Kier alpha value is -0.0736. The van der Waals surface area contributed by atoms with Gasteiger partial charge in [0.25, 0.3) is 0 Å². The van der Waals surface area contributed by atoms with Gasteiger partial charge in [0.1, 0.15) is 0 Å². The second-order valence-electron chi connectivity index (χ2n) is 3.95. The molecule has 0 saturated carbocycles. The molecular weight excluding hydrogens is 324 g/mol. The zero-order valence-electron chi connectivity index (χ0n) is 10.9. The molecule has 20 heavy (non-hydrogen) atoms. The summed E-state index contributed by atoms with van der Waals surface area (Å²) in [4.78, 5) is 10.8. The fourth-order valence-corrected chi connectivity index (χ4v) is 2.20. The molecule has 0 unspecified atom stereocenters. The number of carboxylic acid groups (broad SMARTS) is 1. The molecule has 2 N–H and O–H groups in total. The normalized spacial score (nSPS) is 9.70. The van der Waals surface area contributed by atoms with Gasteiger partial charge in [-0.25, -0.2) is 0 Å². The Morgan fingerprint density at radius 2 is 1.65 bits per heavy atom. The van der Waals surface area contributed by atoms with E-state index >= 15 is 0 Å². The maximum absolute atomic E-state index is 10.8. The number of para-hydroxylation sites is 2. The molecule has 0 fully saturated rings. The molecular formula is C14H11Cl2KNO2+. The summed E-state index contributed by atoms with van der Waals surface area (Å²) < 4.78 is 0. The van der Waals surface area contributed by atoms with Crippen molar-refractivity contribution in [1.82, 2.24) is 0 Å². The molecule has 3 nitrogen and oxygen atoms in total. The Morgan fingerprint density at radius 1 is 1.05 bits per heavy atom. The van der Waals surface area contributed by atoms with E-state index in [9.17, 15) is 4.79 Å². The fourth-order valence-electron chi connectivity index (χ4n) is 1.71. The van der Waals surface area contributed by atoms with E-state index in [0.29, 0.717) is 27.0 Å². The number of benzene rings is 2. The number of halogens is 2. The van der Waals surface area contributed by atoms with Crippen LogP contribution in [-0.2, 0) is 11.2 Å². The Kier molecular flexibility index (Phi) is 7.54. The van der Waals surface area contributed by atoms with E-state index in [4.69, 9.17) is 28.3 Å². The Bertz CT molecular complexity index is 600. The molecule has 0 aliphatic heterocycles. The van der Waals surface area contributed by atoms with E-state index in [0.717, 1.165) is 0 Å². The summed E-state index contributed by atoms with van der Waals surface area (Å²) in [6, 6.07) is 12.3. The van der Waals surface area contributed by atoms with Gasteiger partial charge in [0.2, 0.25) is 0 Å². The third kappa shape index (κ3) is 4.74. The predicted octanol–water partition coefficient (Wildman–Crippen LogP) is 1.37. The fraction of sp³-hybridized carbons (Fsp3) is 0.0714. The van der Waals surface area contributed by atoms with Crippen molar-refractivity contribution in [2.24, 2.45) is 0 Å². The molecule has 0 heterocycles. The molecule has 0 aliphatic carbocycles. The van der Waals surface area contributed by atoms with Gasteiger partial charge >= 0.3 is 57.4 Å². The standard InChI is InChI=1S/C14H11Cl2NO2.K/c15-10-5-3-6-11(16)14(10)17-12-7-2-1-4-9(12)8-13(18)19;/h1-7,17H,8H2,(H,18,19);/q;+1. The molecule has 0 spiro atoms. The van der Waals surface area contributed by atoms with E-state index in [1.165, 1.54) is 0 Å². The SMILES string of the molecule is O=C(O)Cc1ccccc1Nc1c(Cl)cccc1Cl.[K+]. The van der Waals surface area contributed by atoms with E-state index in [1.807, 2.05) is 6.07 Å². The summed E-state index contributed by atoms with van der Waals surface area (Å²) >= 11 is 12.1. The number of anilines is 2. The van der Waals surface area contributed by atoms with Gasteiger partial charge in [0.05, 0.1) is 22.2 Å². The van der Waals surface area contributed by atoms with Crippen LogP contribution < -0.4 is 56.7 Å². The van der Waals surface area contributed by atoms with Gasteiger partial charge in [0, 0.05) is 5.69 Å². The van der Waals surface area contributed by atoms with Crippen LogP contribution in [0.2, 0.25) is 10.0 Å². The third-order valence-electron chi connectivity index (χ3n) is 2.58. The smallest absolute Gasteiger partial charge is 0.481 e. The Morgan fingerprint density at radius 3 is 2.25 bits per heavy atom. The Labute approximate surface area is 169 Å². The summed E-state index contributed by atoms with van der Waals surface area (Å²) in [5.41, 5.74) is 1.93. The first kappa shape index (κ1) is 18.0. The van der Waals surface area contributed by atoms with Crippen LogP contribution in [0.4, 0.5) is 11.4 Å². The quantitative estimate of drug-likeness (QED) is 0.830. The molecule has 0 radical (unpaired) electrons. The van der Waals surface area contributed by atoms with Gasteiger partial charge in [-0.2, -0.15) is 0 Å². The number of nitrogens with one attached hydrogen (secondary N) is 1. The molecule has 0 aromatic heterocycles. The van der Waals surface area contributed by atoms with Crippen molar-refractivity contribution in [3.63, 3.8) is 0 Å². The van der Waals surface area contributed by atoms with Crippen LogP contribution in [0.3, 0.4) is 0 Å². The summed E-state index contributed by atoms with van der Waals surface area (Å²) in [6.07, 6.45) is -0.0642. The summed E-state index contributed by atoms with van der Waals surface area (Å²) in [5, 5.41) is 12.9. The average Bonchev–Trinajstić information content (AvgIpc) is 2.35. The van der Waals surface area contributed by atoms with Crippen LogP contribution in [0.1, 0.15) is 5.56 Å². The van der Waals surface area contributed by atoms with E-state index < -0.39 is 5.97 Å². The first-order chi connectivity index (χ1) is 9.08. The minimum absolute atomic E-state index is 0. The van der Waals surface area contributed by atoms with Gasteiger partial charge in [-0.05, 0) is 23.8 Å². The largest absolute Gasteiger partial charge is 1.00 e. The number of carboxylic acids is 1. The molecule has 0 aliphatic rings. The second-order valence-corrected chi connectivity index (χ2v) is 4.76. The molecule has 2 aromatic carbocycles. The van der Waals surface area contributed by atoms with E-state index in [1.54, 1.807) is 36.4 Å². The Balaban J connectivity index is 0.00000200. The molecule has 2 rings (SSSR count). The zero-order valence-corrected chi connectivity index (χ0v) is 15.5. The van der Waals surface area contributed by atoms with Crippen LogP contribution in [0.5, 0.6) is 0 Å². The third-order valence-corrected chi connectivity index (χ3v) is 3.21. The molecule has 6 heteroatoms. The van der Waals surface area contributed by atoms with Crippen molar-refractivity contribution in [2.45, 2.75) is 6.42 Å². The van der Waals surface area contributed by atoms with Crippen LogP contribution in [0, 0.1) is 0 Å². The van der Waals surface area contributed by atoms with Gasteiger partial charge < -0.3 is 10.4 Å². The predicted molar refractivity (Wildman–Crippen MR) is 77.5 cm³/mol. The van der Waals surface area contributed by atoms with E-state index in [-0.39, 0.29) is 57.8 Å². The van der Waals surface area contributed by atoms with Crippen molar-refractivity contribution in [1.29, 1.82) is 0 Å². The van der Waals surface area contributed by atoms with Crippen LogP contribution in [-0.4, -0.2) is 11.1 Å². The molecule has 0 saturated heterocycles. The minimum Gasteiger partial charge on any atom is -0.481 e.